The molecule has 0 aromatic heterocycles. The first-order valence-electron chi connectivity index (χ1n) is 5.35. The first kappa shape index (κ1) is 12.0. The molecule has 0 aliphatic carbocycles. The number of hydrogen-bond acceptors (Lipinski definition) is 3. The third kappa shape index (κ3) is 3.90. The quantitative estimate of drug-likeness (QED) is 0.749. The van der Waals surface area contributed by atoms with Gasteiger partial charge in [0.1, 0.15) is 5.75 Å². The summed E-state index contributed by atoms with van der Waals surface area (Å²) in [5.74, 6) is 0.896. The zero-order valence-corrected chi connectivity index (χ0v) is 9.36. The van der Waals surface area contributed by atoms with Crippen molar-refractivity contribution in [2.45, 2.75) is 19.9 Å². The molecule has 1 atom stereocenters. The van der Waals surface area contributed by atoms with Crippen molar-refractivity contribution in [3.8, 4) is 5.75 Å². The first-order valence-corrected chi connectivity index (χ1v) is 5.35. The van der Waals surface area contributed by atoms with Crippen molar-refractivity contribution >= 4 is 0 Å². The van der Waals surface area contributed by atoms with E-state index in [9.17, 15) is 0 Å². The van der Waals surface area contributed by atoms with E-state index in [0.29, 0.717) is 13.2 Å². The SMILES string of the molecule is CCOc1cccc(C(C)NCCO)c1. The van der Waals surface area contributed by atoms with Crippen LogP contribution >= 0.6 is 0 Å². The van der Waals surface area contributed by atoms with E-state index < -0.39 is 0 Å². The fourth-order valence-electron chi connectivity index (χ4n) is 1.44. The molecule has 0 radical (unpaired) electrons. The van der Waals surface area contributed by atoms with E-state index in [1.807, 2.05) is 25.1 Å². The summed E-state index contributed by atoms with van der Waals surface area (Å²) >= 11 is 0. The number of aliphatic hydroxyl groups excluding tert-OH is 1. The molecule has 0 aliphatic rings. The minimum Gasteiger partial charge on any atom is -0.494 e. The normalized spacial score (nSPS) is 12.5. The summed E-state index contributed by atoms with van der Waals surface area (Å²) < 4.78 is 5.42. The van der Waals surface area contributed by atoms with Crippen LogP contribution in [0.2, 0.25) is 0 Å². The highest BCUT2D eigenvalue weighted by atomic mass is 16.5. The molecular formula is C12H19NO2. The van der Waals surface area contributed by atoms with Gasteiger partial charge in [-0.15, -0.1) is 0 Å². The Hall–Kier alpha value is -1.06. The van der Waals surface area contributed by atoms with Crippen LogP contribution in [0.4, 0.5) is 0 Å². The minimum atomic E-state index is 0.162. The van der Waals surface area contributed by atoms with E-state index in [-0.39, 0.29) is 12.6 Å². The number of nitrogens with one attached hydrogen (secondary N) is 1. The second kappa shape index (κ2) is 6.43. The Balaban J connectivity index is 2.62. The lowest BCUT2D eigenvalue weighted by Gasteiger charge is -2.14. The lowest BCUT2D eigenvalue weighted by molar-refractivity contribution is 0.286. The second-order valence-electron chi connectivity index (χ2n) is 3.40. The zero-order chi connectivity index (χ0) is 11.1. The summed E-state index contributed by atoms with van der Waals surface area (Å²) in [5.41, 5.74) is 1.18. The topological polar surface area (TPSA) is 41.5 Å². The average molecular weight is 209 g/mol. The molecule has 3 heteroatoms. The van der Waals surface area contributed by atoms with Crippen LogP contribution in [-0.2, 0) is 0 Å². The van der Waals surface area contributed by atoms with Gasteiger partial charge in [0.05, 0.1) is 13.2 Å². The zero-order valence-electron chi connectivity index (χ0n) is 9.36. The van der Waals surface area contributed by atoms with Crippen LogP contribution in [0.15, 0.2) is 24.3 Å². The van der Waals surface area contributed by atoms with Crippen LogP contribution in [0.25, 0.3) is 0 Å². The van der Waals surface area contributed by atoms with Gasteiger partial charge in [0.15, 0.2) is 0 Å². The van der Waals surface area contributed by atoms with Crippen molar-refractivity contribution < 1.29 is 9.84 Å². The smallest absolute Gasteiger partial charge is 0.119 e. The van der Waals surface area contributed by atoms with Gasteiger partial charge in [0, 0.05) is 12.6 Å². The van der Waals surface area contributed by atoms with Crippen molar-refractivity contribution in [3.63, 3.8) is 0 Å². The summed E-state index contributed by atoms with van der Waals surface area (Å²) in [4.78, 5) is 0. The van der Waals surface area contributed by atoms with Crippen molar-refractivity contribution in [3.05, 3.63) is 29.8 Å². The Morgan fingerprint density at radius 2 is 2.27 bits per heavy atom. The lowest BCUT2D eigenvalue weighted by Crippen LogP contribution is -2.22. The summed E-state index contributed by atoms with van der Waals surface area (Å²) in [6.45, 7) is 5.50. The standard InChI is InChI=1S/C12H19NO2/c1-3-15-12-6-4-5-11(9-12)10(2)13-7-8-14/h4-6,9-10,13-14H,3,7-8H2,1-2H3. The summed E-state index contributed by atoms with van der Waals surface area (Å²) in [7, 11) is 0. The van der Waals surface area contributed by atoms with Crippen LogP contribution < -0.4 is 10.1 Å². The Kier molecular flexibility index (Phi) is 5.15. The molecule has 0 aliphatic heterocycles. The fourth-order valence-corrected chi connectivity index (χ4v) is 1.44. The predicted molar refractivity (Wildman–Crippen MR) is 61.1 cm³/mol. The number of ether oxygens (including phenoxy) is 1. The molecule has 0 fully saturated rings. The van der Waals surface area contributed by atoms with E-state index in [2.05, 4.69) is 18.3 Å². The predicted octanol–water partition coefficient (Wildman–Crippen LogP) is 1.73. The molecule has 0 spiro atoms. The fraction of sp³-hybridized carbons (Fsp3) is 0.500. The van der Waals surface area contributed by atoms with E-state index in [0.717, 1.165) is 5.75 Å². The van der Waals surface area contributed by atoms with Gasteiger partial charge >= 0.3 is 0 Å². The lowest BCUT2D eigenvalue weighted by atomic mass is 10.1. The number of rotatable bonds is 6. The van der Waals surface area contributed by atoms with Crippen LogP contribution in [0.3, 0.4) is 0 Å². The molecule has 0 bridgehead atoms. The van der Waals surface area contributed by atoms with Crippen LogP contribution in [-0.4, -0.2) is 24.9 Å². The van der Waals surface area contributed by atoms with E-state index in [1.54, 1.807) is 0 Å². The summed E-state index contributed by atoms with van der Waals surface area (Å²) in [6.07, 6.45) is 0. The average Bonchev–Trinajstić information content (AvgIpc) is 2.27. The summed E-state index contributed by atoms with van der Waals surface area (Å²) in [6, 6.07) is 8.25. The molecule has 0 saturated heterocycles. The van der Waals surface area contributed by atoms with Gasteiger partial charge in [0.2, 0.25) is 0 Å². The molecule has 1 unspecified atom stereocenters. The second-order valence-corrected chi connectivity index (χ2v) is 3.40. The third-order valence-electron chi connectivity index (χ3n) is 2.23. The van der Waals surface area contributed by atoms with Gasteiger partial charge in [-0.1, -0.05) is 12.1 Å². The maximum atomic E-state index is 8.71. The maximum absolute atomic E-state index is 8.71. The molecule has 84 valence electrons. The van der Waals surface area contributed by atoms with Crippen molar-refractivity contribution in [1.29, 1.82) is 0 Å². The molecule has 15 heavy (non-hydrogen) atoms. The first-order chi connectivity index (χ1) is 7.27. The highest BCUT2D eigenvalue weighted by Crippen LogP contribution is 2.18. The monoisotopic (exact) mass is 209 g/mol. The van der Waals surface area contributed by atoms with Crippen LogP contribution in [0.1, 0.15) is 25.5 Å². The Morgan fingerprint density at radius 1 is 1.47 bits per heavy atom. The maximum Gasteiger partial charge on any atom is 0.119 e. The molecule has 0 saturated carbocycles. The van der Waals surface area contributed by atoms with Gasteiger partial charge in [-0.25, -0.2) is 0 Å². The molecule has 1 aromatic rings. The Morgan fingerprint density at radius 3 is 2.93 bits per heavy atom. The van der Waals surface area contributed by atoms with Crippen molar-refractivity contribution in [1.82, 2.24) is 5.32 Å². The van der Waals surface area contributed by atoms with E-state index >= 15 is 0 Å². The Labute approximate surface area is 91.1 Å². The molecule has 0 amide bonds. The van der Waals surface area contributed by atoms with Gasteiger partial charge in [-0.2, -0.15) is 0 Å². The number of aliphatic hydroxyl groups is 1. The van der Waals surface area contributed by atoms with Gasteiger partial charge in [-0.3, -0.25) is 0 Å². The third-order valence-corrected chi connectivity index (χ3v) is 2.23. The van der Waals surface area contributed by atoms with Gasteiger partial charge in [0.25, 0.3) is 0 Å². The Bertz CT molecular complexity index is 289. The van der Waals surface area contributed by atoms with E-state index in [4.69, 9.17) is 9.84 Å². The van der Waals surface area contributed by atoms with Crippen LogP contribution in [0.5, 0.6) is 5.75 Å². The van der Waals surface area contributed by atoms with Crippen LogP contribution in [0, 0.1) is 0 Å². The van der Waals surface area contributed by atoms with Crippen molar-refractivity contribution in [2.24, 2.45) is 0 Å². The number of hydrogen-bond donors (Lipinski definition) is 2. The molecule has 2 N–H and O–H groups in total. The largest absolute Gasteiger partial charge is 0.494 e. The minimum absolute atomic E-state index is 0.162. The molecule has 1 aromatic carbocycles. The molecular weight excluding hydrogens is 190 g/mol. The summed E-state index contributed by atoms with van der Waals surface area (Å²) in [5, 5.41) is 11.9. The highest BCUT2D eigenvalue weighted by molar-refractivity contribution is 5.30. The van der Waals surface area contributed by atoms with Crippen molar-refractivity contribution in [2.75, 3.05) is 19.8 Å². The van der Waals surface area contributed by atoms with Gasteiger partial charge < -0.3 is 15.2 Å². The molecule has 0 heterocycles. The molecule has 3 nitrogen and oxygen atoms in total. The highest BCUT2D eigenvalue weighted by Gasteiger charge is 2.04. The molecule has 1 rings (SSSR count). The van der Waals surface area contributed by atoms with Gasteiger partial charge in [-0.05, 0) is 31.5 Å². The number of benzene rings is 1. The van der Waals surface area contributed by atoms with E-state index in [1.165, 1.54) is 5.56 Å².